The summed E-state index contributed by atoms with van der Waals surface area (Å²) in [5, 5.41) is 0. The number of nitrogens with zero attached hydrogens (tertiary/aromatic N) is 3. The van der Waals surface area contributed by atoms with Crippen LogP contribution in [-0.2, 0) is 17.7 Å². The molecule has 0 radical (unpaired) electrons. The van der Waals surface area contributed by atoms with E-state index < -0.39 is 0 Å². The Hall–Kier alpha value is -2.76. The van der Waals surface area contributed by atoms with Crippen LogP contribution in [-0.4, -0.2) is 47.0 Å². The zero-order valence-electron chi connectivity index (χ0n) is 17.3. The number of aldehydes is 1. The SMILES string of the molecule is CN1CCC(OC2c3ccccc3CCn3c2nc(-c2ccccc2)c3C=O)CC1. The minimum Gasteiger partial charge on any atom is -0.362 e. The Kier molecular flexibility index (Phi) is 5.23. The van der Waals surface area contributed by atoms with Gasteiger partial charge in [0, 0.05) is 25.2 Å². The molecule has 2 aromatic carbocycles. The monoisotopic (exact) mass is 401 g/mol. The summed E-state index contributed by atoms with van der Waals surface area (Å²) in [5.41, 5.74) is 4.81. The lowest BCUT2D eigenvalue weighted by Crippen LogP contribution is -2.35. The van der Waals surface area contributed by atoms with Gasteiger partial charge >= 0.3 is 0 Å². The number of carbonyl (C=O) groups is 1. The first-order valence-corrected chi connectivity index (χ1v) is 10.8. The highest BCUT2D eigenvalue weighted by Gasteiger charge is 2.32. The smallest absolute Gasteiger partial charge is 0.168 e. The van der Waals surface area contributed by atoms with Gasteiger partial charge in [-0.3, -0.25) is 4.79 Å². The normalized spacial score (nSPS) is 19.7. The van der Waals surface area contributed by atoms with Crippen LogP contribution in [0.4, 0.5) is 0 Å². The van der Waals surface area contributed by atoms with E-state index in [1.165, 1.54) is 11.1 Å². The minimum atomic E-state index is -0.256. The molecule has 30 heavy (non-hydrogen) atoms. The van der Waals surface area contributed by atoms with Gasteiger partial charge < -0.3 is 14.2 Å². The first-order valence-electron chi connectivity index (χ1n) is 10.8. The fraction of sp³-hybridized carbons (Fsp3) is 0.360. The van der Waals surface area contributed by atoms with Crippen molar-refractivity contribution in [1.82, 2.24) is 14.5 Å². The van der Waals surface area contributed by atoms with Crippen LogP contribution in [0.15, 0.2) is 54.6 Å². The number of fused-ring (bicyclic) bond motifs is 2. The molecule has 1 saturated heterocycles. The number of imidazole rings is 1. The number of hydrogen-bond donors (Lipinski definition) is 0. The highest BCUT2D eigenvalue weighted by Crippen LogP contribution is 2.37. The van der Waals surface area contributed by atoms with E-state index in [1.54, 1.807) is 0 Å². The molecule has 0 bridgehead atoms. The van der Waals surface area contributed by atoms with Crippen molar-refractivity contribution < 1.29 is 9.53 Å². The van der Waals surface area contributed by atoms with Gasteiger partial charge in [-0.25, -0.2) is 4.98 Å². The predicted molar refractivity (Wildman–Crippen MR) is 117 cm³/mol. The number of aryl methyl sites for hydroxylation is 1. The summed E-state index contributed by atoms with van der Waals surface area (Å²) >= 11 is 0. The van der Waals surface area contributed by atoms with E-state index in [-0.39, 0.29) is 12.2 Å². The van der Waals surface area contributed by atoms with Crippen LogP contribution in [0, 0.1) is 0 Å². The maximum atomic E-state index is 12.1. The molecular weight excluding hydrogens is 374 g/mol. The first-order chi connectivity index (χ1) is 14.7. The third kappa shape index (κ3) is 3.48. The summed E-state index contributed by atoms with van der Waals surface area (Å²) in [5.74, 6) is 0.847. The van der Waals surface area contributed by atoms with Crippen molar-refractivity contribution in [3.8, 4) is 11.3 Å². The van der Waals surface area contributed by atoms with E-state index in [4.69, 9.17) is 9.72 Å². The number of piperidine rings is 1. The number of benzene rings is 2. The number of rotatable bonds is 4. The minimum absolute atomic E-state index is 0.197. The van der Waals surface area contributed by atoms with Crippen LogP contribution in [0.1, 0.15) is 46.4 Å². The number of ether oxygens (including phenoxy) is 1. The Labute approximate surface area is 177 Å². The van der Waals surface area contributed by atoms with Crippen LogP contribution in [0.3, 0.4) is 0 Å². The number of likely N-dealkylation sites (tertiary alicyclic amines) is 1. The molecular formula is C25H27N3O2. The van der Waals surface area contributed by atoms with Gasteiger partial charge in [-0.05, 0) is 37.4 Å². The lowest BCUT2D eigenvalue weighted by atomic mass is 10.00. The molecule has 0 spiro atoms. The topological polar surface area (TPSA) is 47.4 Å². The Bertz CT molecular complexity index is 1040. The molecule has 0 amide bonds. The van der Waals surface area contributed by atoms with Crippen LogP contribution in [0.5, 0.6) is 0 Å². The van der Waals surface area contributed by atoms with Crippen LogP contribution in [0.2, 0.25) is 0 Å². The predicted octanol–water partition coefficient (Wildman–Crippen LogP) is 4.12. The second kappa shape index (κ2) is 8.17. The lowest BCUT2D eigenvalue weighted by Gasteiger charge is -2.32. The summed E-state index contributed by atoms with van der Waals surface area (Å²) in [6.07, 6.45) is 3.78. The third-order valence-electron chi connectivity index (χ3n) is 6.37. The number of hydrogen-bond acceptors (Lipinski definition) is 4. The second-order valence-electron chi connectivity index (χ2n) is 8.31. The summed E-state index contributed by atoms with van der Waals surface area (Å²) < 4.78 is 8.81. The molecule has 1 atom stereocenters. The van der Waals surface area contributed by atoms with E-state index in [9.17, 15) is 4.79 Å². The molecule has 5 heteroatoms. The molecule has 0 N–H and O–H groups in total. The van der Waals surface area contributed by atoms with Crippen molar-refractivity contribution in [2.75, 3.05) is 20.1 Å². The molecule has 1 unspecified atom stereocenters. The van der Waals surface area contributed by atoms with Crippen molar-refractivity contribution in [1.29, 1.82) is 0 Å². The summed E-state index contributed by atoms with van der Waals surface area (Å²) in [4.78, 5) is 19.5. The summed E-state index contributed by atoms with van der Waals surface area (Å²) in [6, 6.07) is 18.4. The van der Waals surface area contributed by atoms with Gasteiger partial charge in [0.25, 0.3) is 0 Å². The van der Waals surface area contributed by atoms with Crippen molar-refractivity contribution in [3.63, 3.8) is 0 Å². The van der Waals surface area contributed by atoms with E-state index in [0.29, 0.717) is 5.69 Å². The molecule has 2 aliphatic rings. The van der Waals surface area contributed by atoms with Gasteiger partial charge in [-0.1, -0.05) is 54.6 Å². The molecule has 1 aromatic heterocycles. The van der Waals surface area contributed by atoms with Crippen molar-refractivity contribution in [2.45, 2.75) is 38.0 Å². The Morgan fingerprint density at radius 1 is 1.00 bits per heavy atom. The summed E-state index contributed by atoms with van der Waals surface area (Å²) in [6.45, 7) is 2.82. The lowest BCUT2D eigenvalue weighted by molar-refractivity contribution is -0.0275. The quantitative estimate of drug-likeness (QED) is 0.617. The number of carbonyl (C=O) groups excluding carboxylic acids is 1. The molecule has 0 aliphatic carbocycles. The maximum absolute atomic E-state index is 12.1. The van der Waals surface area contributed by atoms with Gasteiger partial charge in [-0.2, -0.15) is 0 Å². The molecule has 1 fully saturated rings. The van der Waals surface area contributed by atoms with Crippen molar-refractivity contribution >= 4 is 6.29 Å². The number of aromatic nitrogens is 2. The van der Waals surface area contributed by atoms with Crippen LogP contribution in [0.25, 0.3) is 11.3 Å². The summed E-state index contributed by atoms with van der Waals surface area (Å²) in [7, 11) is 2.16. The Balaban J connectivity index is 1.60. The van der Waals surface area contributed by atoms with E-state index in [2.05, 4.69) is 40.8 Å². The van der Waals surface area contributed by atoms with E-state index in [0.717, 1.165) is 62.3 Å². The third-order valence-corrected chi connectivity index (χ3v) is 6.37. The zero-order chi connectivity index (χ0) is 20.5. The maximum Gasteiger partial charge on any atom is 0.168 e. The highest BCUT2D eigenvalue weighted by molar-refractivity contribution is 5.84. The Morgan fingerprint density at radius 3 is 2.50 bits per heavy atom. The fourth-order valence-electron chi connectivity index (χ4n) is 4.68. The molecule has 2 aliphatic heterocycles. The molecule has 5 nitrogen and oxygen atoms in total. The van der Waals surface area contributed by atoms with Gasteiger partial charge in [-0.15, -0.1) is 0 Å². The van der Waals surface area contributed by atoms with Gasteiger partial charge in [0.15, 0.2) is 6.29 Å². The second-order valence-corrected chi connectivity index (χ2v) is 8.31. The standard InChI is InChI=1S/C25H27N3O2/c1-27-14-12-20(13-15-27)30-24-21-10-6-5-7-18(21)11-16-28-22(17-29)23(26-25(24)28)19-8-3-2-4-9-19/h2-10,17,20,24H,11-16H2,1H3. The molecule has 3 heterocycles. The van der Waals surface area contributed by atoms with Gasteiger partial charge in [0.05, 0.1) is 11.8 Å². The molecule has 5 rings (SSSR count). The largest absolute Gasteiger partial charge is 0.362 e. The molecule has 0 saturated carbocycles. The average Bonchev–Trinajstić information content (AvgIpc) is 3.09. The highest BCUT2D eigenvalue weighted by atomic mass is 16.5. The zero-order valence-corrected chi connectivity index (χ0v) is 17.3. The van der Waals surface area contributed by atoms with Crippen LogP contribution >= 0.6 is 0 Å². The van der Waals surface area contributed by atoms with E-state index >= 15 is 0 Å². The van der Waals surface area contributed by atoms with E-state index in [1.807, 2.05) is 30.3 Å². The average molecular weight is 402 g/mol. The van der Waals surface area contributed by atoms with Crippen molar-refractivity contribution in [3.05, 3.63) is 77.2 Å². The van der Waals surface area contributed by atoms with Gasteiger partial charge in [0.2, 0.25) is 0 Å². The molecule has 154 valence electrons. The first kappa shape index (κ1) is 19.2. The molecule has 3 aromatic rings. The van der Waals surface area contributed by atoms with Crippen molar-refractivity contribution in [2.24, 2.45) is 0 Å². The van der Waals surface area contributed by atoms with Gasteiger partial charge in [0.1, 0.15) is 17.6 Å². The Morgan fingerprint density at radius 2 is 1.73 bits per heavy atom. The fourth-order valence-corrected chi connectivity index (χ4v) is 4.68. The van der Waals surface area contributed by atoms with Crippen LogP contribution < -0.4 is 0 Å².